The molecule has 0 aliphatic rings. The lowest BCUT2D eigenvalue weighted by atomic mass is 10.1. The predicted octanol–water partition coefficient (Wildman–Crippen LogP) is 4.31. The highest BCUT2D eigenvalue weighted by atomic mass is 28.3. The Labute approximate surface area is 102 Å². The smallest absolute Gasteiger partial charge is 0.0751 e. The van der Waals surface area contributed by atoms with Crippen molar-refractivity contribution in [1.82, 2.24) is 0 Å². The first kappa shape index (κ1) is 15.7. The van der Waals surface area contributed by atoms with Crippen LogP contribution >= 0.6 is 0 Å². The van der Waals surface area contributed by atoms with E-state index < -0.39 is 8.07 Å². The second-order valence-electron chi connectivity index (χ2n) is 5.50. The molecular weight excluding hydrogens is 212 g/mol. The van der Waals surface area contributed by atoms with Crippen molar-refractivity contribution >= 4 is 8.07 Å². The van der Waals surface area contributed by atoms with Gasteiger partial charge < -0.3 is 5.11 Å². The molecule has 0 aromatic heterocycles. The molecule has 1 nitrogen and oxygen atoms in total. The van der Waals surface area contributed by atoms with Crippen LogP contribution < -0.4 is 0 Å². The molecule has 16 heavy (non-hydrogen) atoms. The Morgan fingerprint density at radius 2 is 1.81 bits per heavy atom. The van der Waals surface area contributed by atoms with E-state index >= 15 is 0 Å². The Balaban J connectivity index is 3.64. The van der Waals surface area contributed by atoms with E-state index in [0.29, 0.717) is 0 Å². The number of hydrogen-bond acceptors (Lipinski definition) is 1. The van der Waals surface area contributed by atoms with Crippen molar-refractivity contribution in [1.29, 1.82) is 0 Å². The molecule has 0 bridgehead atoms. The lowest BCUT2D eigenvalue weighted by Crippen LogP contribution is -2.17. The van der Waals surface area contributed by atoms with E-state index in [1.54, 1.807) is 0 Å². The van der Waals surface area contributed by atoms with E-state index in [-0.39, 0.29) is 6.10 Å². The molecule has 0 aromatic carbocycles. The quantitative estimate of drug-likeness (QED) is 0.381. The Bertz CT molecular complexity index is 213. The third kappa shape index (κ3) is 11.7. The van der Waals surface area contributed by atoms with E-state index in [0.717, 1.165) is 12.8 Å². The molecule has 1 atom stereocenters. The first-order valence-corrected chi connectivity index (χ1v) is 10.1. The van der Waals surface area contributed by atoms with Crippen LogP contribution in [0.1, 0.15) is 39.0 Å². The van der Waals surface area contributed by atoms with Gasteiger partial charge in [-0.3, -0.25) is 0 Å². The number of aliphatic hydroxyl groups is 1. The van der Waals surface area contributed by atoms with Gasteiger partial charge in [-0.05, 0) is 19.3 Å². The maximum atomic E-state index is 9.70. The van der Waals surface area contributed by atoms with Gasteiger partial charge in [0.15, 0.2) is 0 Å². The van der Waals surface area contributed by atoms with Gasteiger partial charge in [-0.1, -0.05) is 63.3 Å². The van der Waals surface area contributed by atoms with Crippen LogP contribution in [0.5, 0.6) is 0 Å². The van der Waals surface area contributed by atoms with Crippen LogP contribution in [-0.4, -0.2) is 19.3 Å². The van der Waals surface area contributed by atoms with Crippen molar-refractivity contribution in [2.24, 2.45) is 0 Å². The minimum absolute atomic E-state index is 0.297. The number of aliphatic hydroxyl groups excluding tert-OH is 1. The third-order valence-corrected chi connectivity index (χ3v) is 3.53. The Morgan fingerprint density at radius 1 is 1.12 bits per heavy atom. The normalized spacial score (nSPS) is 15.1. The maximum Gasteiger partial charge on any atom is 0.0751 e. The second-order valence-corrected chi connectivity index (χ2v) is 10.6. The lowest BCUT2D eigenvalue weighted by Gasteiger charge is -2.09. The zero-order chi connectivity index (χ0) is 12.4. The number of rotatable bonds is 8. The van der Waals surface area contributed by atoms with E-state index in [4.69, 9.17) is 0 Å². The second kappa shape index (κ2) is 8.77. The molecule has 0 fully saturated rings. The summed E-state index contributed by atoms with van der Waals surface area (Å²) in [6, 6.07) is 0. The van der Waals surface area contributed by atoms with Crippen LogP contribution in [-0.2, 0) is 0 Å². The maximum absolute atomic E-state index is 9.70. The van der Waals surface area contributed by atoms with Gasteiger partial charge in [-0.25, -0.2) is 0 Å². The monoisotopic (exact) mass is 240 g/mol. The van der Waals surface area contributed by atoms with Crippen molar-refractivity contribution in [3.8, 4) is 0 Å². The van der Waals surface area contributed by atoms with Gasteiger partial charge in [0, 0.05) is 0 Å². The summed E-state index contributed by atoms with van der Waals surface area (Å²) >= 11 is 0. The zero-order valence-corrected chi connectivity index (χ0v) is 12.4. The minimum Gasteiger partial charge on any atom is -0.389 e. The molecule has 0 saturated carbocycles. The van der Waals surface area contributed by atoms with Gasteiger partial charge in [0.05, 0.1) is 14.2 Å². The van der Waals surface area contributed by atoms with Crippen LogP contribution in [0.2, 0.25) is 19.6 Å². The van der Waals surface area contributed by atoms with Crippen molar-refractivity contribution < 1.29 is 5.11 Å². The van der Waals surface area contributed by atoms with E-state index in [9.17, 15) is 5.11 Å². The lowest BCUT2D eigenvalue weighted by molar-refractivity contribution is 0.227. The van der Waals surface area contributed by atoms with Crippen molar-refractivity contribution in [3.63, 3.8) is 0 Å². The third-order valence-electron chi connectivity index (χ3n) is 2.34. The molecule has 0 unspecified atom stereocenters. The Kier molecular flexibility index (Phi) is 8.58. The van der Waals surface area contributed by atoms with Crippen LogP contribution in [0.3, 0.4) is 0 Å². The SMILES string of the molecule is CCCCC/C=C\C[C@@H](O)/C=C/[Si](C)(C)C. The molecule has 0 radical (unpaired) electrons. The summed E-state index contributed by atoms with van der Waals surface area (Å²) in [7, 11) is -1.15. The Hall–Kier alpha value is -0.343. The van der Waals surface area contributed by atoms with Crippen LogP contribution in [0, 0.1) is 0 Å². The summed E-state index contributed by atoms with van der Waals surface area (Å²) in [6.07, 6.45) is 11.7. The summed E-state index contributed by atoms with van der Waals surface area (Å²) in [5.74, 6) is 0. The first-order valence-electron chi connectivity index (χ1n) is 6.48. The first-order chi connectivity index (χ1) is 7.45. The number of hydrogen-bond donors (Lipinski definition) is 1. The van der Waals surface area contributed by atoms with Crippen molar-refractivity contribution in [2.45, 2.75) is 64.8 Å². The summed E-state index contributed by atoms with van der Waals surface area (Å²) in [6.45, 7) is 9.04. The van der Waals surface area contributed by atoms with E-state index in [1.807, 2.05) is 6.08 Å². The molecule has 0 rings (SSSR count). The molecule has 0 aliphatic heterocycles. The summed E-state index contributed by atoms with van der Waals surface area (Å²) in [4.78, 5) is 0. The number of unbranched alkanes of at least 4 members (excludes halogenated alkanes) is 3. The Morgan fingerprint density at radius 3 is 2.38 bits per heavy atom. The molecule has 94 valence electrons. The average Bonchev–Trinajstić information content (AvgIpc) is 2.19. The highest BCUT2D eigenvalue weighted by Gasteiger charge is 2.07. The van der Waals surface area contributed by atoms with E-state index in [2.05, 4.69) is 44.4 Å². The minimum atomic E-state index is -1.15. The van der Waals surface area contributed by atoms with Gasteiger partial charge in [0.1, 0.15) is 0 Å². The van der Waals surface area contributed by atoms with Crippen LogP contribution in [0.25, 0.3) is 0 Å². The molecule has 0 saturated heterocycles. The van der Waals surface area contributed by atoms with Gasteiger partial charge in [-0.2, -0.15) is 0 Å². The molecule has 0 amide bonds. The molecule has 0 heterocycles. The molecule has 1 N–H and O–H groups in total. The van der Waals surface area contributed by atoms with Crippen LogP contribution in [0.15, 0.2) is 23.9 Å². The van der Waals surface area contributed by atoms with Crippen LogP contribution in [0.4, 0.5) is 0 Å². The van der Waals surface area contributed by atoms with E-state index in [1.165, 1.54) is 19.3 Å². The fraction of sp³-hybridized carbons (Fsp3) is 0.714. The topological polar surface area (TPSA) is 20.2 Å². The molecule has 0 aliphatic carbocycles. The highest BCUT2D eigenvalue weighted by Crippen LogP contribution is 2.05. The van der Waals surface area contributed by atoms with Crippen molar-refractivity contribution in [3.05, 3.63) is 23.9 Å². The molecule has 0 aromatic rings. The average molecular weight is 240 g/mol. The van der Waals surface area contributed by atoms with Gasteiger partial charge in [-0.15, -0.1) is 0 Å². The van der Waals surface area contributed by atoms with Gasteiger partial charge in [0.2, 0.25) is 0 Å². The van der Waals surface area contributed by atoms with Gasteiger partial charge >= 0.3 is 0 Å². The molecular formula is C14H28OSi. The summed E-state index contributed by atoms with van der Waals surface area (Å²) in [5.41, 5.74) is 2.21. The molecule has 2 heteroatoms. The molecule has 0 spiro atoms. The van der Waals surface area contributed by atoms with Crippen molar-refractivity contribution in [2.75, 3.05) is 0 Å². The predicted molar refractivity (Wildman–Crippen MR) is 76.4 cm³/mol. The largest absolute Gasteiger partial charge is 0.389 e. The summed E-state index contributed by atoms with van der Waals surface area (Å²) < 4.78 is 0. The number of allylic oxidation sites excluding steroid dienone is 1. The fourth-order valence-electron chi connectivity index (χ4n) is 1.34. The highest BCUT2D eigenvalue weighted by molar-refractivity contribution is 6.80. The standard InChI is InChI=1S/C14H28OSi/c1-5-6-7-8-9-10-11-14(15)12-13-16(2,3)4/h9-10,12-15H,5-8,11H2,1-4H3/b10-9-,13-12+/t14-/m1/s1. The fourth-order valence-corrected chi connectivity index (χ4v) is 2.14. The van der Waals surface area contributed by atoms with Gasteiger partial charge in [0.25, 0.3) is 0 Å². The zero-order valence-electron chi connectivity index (χ0n) is 11.4. The summed E-state index contributed by atoms with van der Waals surface area (Å²) in [5, 5.41) is 9.70.